The fraction of sp³-hybridized carbons (Fsp3) is 0.118. The Morgan fingerprint density at radius 2 is 0.722 bits per heavy atom. The van der Waals surface area contributed by atoms with Gasteiger partial charge in [-0.05, 0) is 86.7 Å². The Morgan fingerprint density at radius 1 is 0.315 bits per heavy atom. The number of hydrogen-bond donors (Lipinski definition) is 0. The van der Waals surface area contributed by atoms with Gasteiger partial charge in [0.25, 0.3) is 0 Å². The third-order valence-corrected chi connectivity index (χ3v) is 11.5. The van der Waals surface area contributed by atoms with Crippen LogP contribution in [-0.2, 0) is 5.41 Å². The first-order valence-electron chi connectivity index (χ1n) is 19.2. The molecule has 0 saturated heterocycles. The van der Waals surface area contributed by atoms with Gasteiger partial charge in [-0.2, -0.15) is 0 Å². The summed E-state index contributed by atoms with van der Waals surface area (Å²) in [6, 6.07) is 63.0. The Bertz CT molecular complexity index is 2580. The second-order valence-electron chi connectivity index (χ2n) is 14.7. The molecule has 1 aromatic heterocycles. The van der Waals surface area contributed by atoms with E-state index in [4.69, 9.17) is 15.0 Å². The van der Waals surface area contributed by atoms with Gasteiger partial charge in [-0.25, -0.2) is 15.0 Å². The van der Waals surface area contributed by atoms with Crippen LogP contribution in [0.2, 0.25) is 0 Å². The van der Waals surface area contributed by atoms with Crippen LogP contribution >= 0.6 is 0 Å². The van der Waals surface area contributed by atoms with Crippen LogP contribution in [0.5, 0.6) is 0 Å². The van der Waals surface area contributed by atoms with Crippen molar-refractivity contribution in [3.63, 3.8) is 0 Å². The van der Waals surface area contributed by atoms with E-state index in [1.165, 1.54) is 76.6 Å². The lowest BCUT2D eigenvalue weighted by Crippen LogP contribution is -2.27. The molecule has 3 nitrogen and oxygen atoms in total. The molecule has 258 valence electrons. The van der Waals surface area contributed by atoms with Gasteiger partial charge in [-0.1, -0.05) is 177 Å². The quantitative estimate of drug-likeness (QED) is 0.174. The predicted octanol–water partition coefficient (Wildman–Crippen LogP) is 13.1. The molecule has 2 aliphatic carbocycles. The molecule has 0 radical (unpaired) electrons. The third kappa shape index (κ3) is 5.64. The van der Waals surface area contributed by atoms with E-state index in [0.29, 0.717) is 17.5 Å². The Morgan fingerprint density at radius 3 is 1.33 bits per heavy atom. The largest absolute Gasteiger partial charge is 0.208 e. The molecule has 7 aromatic carbocycles. The van der Waals surface area contributed by atoms with Crippen molar-refractivity contribution in [1.82, 2.24) is 15.0 Å². The summed E-state index contributed by atoms with van der Waals surface area (Å²) in [4.78, 5) is 14.8. The van der Waals surface area contributed by atoms with Crippen LogP contribution in [0.15, 0.2) is 176 Å². The van der Waals surface area contributed by atoms with E-state index >= 15 is 0 Å². The maximum absolute atomic E-state index is 4.98. The molecular formula is C51H39N3. The Balaban J connectivity index is 1.02. The highest BCUT2D eigenvalue weighted by Crippen LogP contribution is 2.57. The van der Waals surface area contributed by atoms with Crippen molar-refractivity contribution in [3.05, 3.63) is 187 Å². The number of hydrogen-bond acceptors (Lipinski definition) is 3. The minimum Gasteiger partial charge on any atom is -0.208 e. The van der Waals surface area contributed by atoms with Crippen molar-refractivity contribution in [2.24, 2.45) is 0 Å². The summed E-state index contributed by atoms with van der Waals surface area (Å²) in [5.41, 5.74) is 16.2. The molecule has 1 saturated carbocycles. The minimum atomic E-state index is 0.147. The average Bonchev–Trinajstić information content (AvgIpc) is 3.53. The second-order valence-corrected chi connectivity index (χ2v) is 14.7. The van der Waals surface area contributed by atoms with Crippen LogP contribution in [0.3, 0.4) is 0 Å². The molecule has 0 unspecified atom stereocenters. The van der Waals surface area contributed by atoms with Gasteiger partial charge >= 0.3 is 0 Å². The van der Waals surface area contributed by atoms with Gasteiger partial charge in [0.05, 0.1) is 0 Å². The zero-order valence-electron chi connectivity index (χ0n) is 30.1. The lowest BCUT2D eigenvalue weighted by atomic mass is 9.68. The molecule has 3 heteroatoms. The van der Waals surface area contributed by atoms with Crippen LogP contribution < -0.4 is 0 Å². The maximum Gasteiger partial charge on any atom is 0.164 e. The number of benzene rings is 7. The van der Waals surface area contributed by atoms with Crippen molar-refractivity contribution in [3.8, 4) is 78.7 Å². The third-order valence-electron chi connectivity index (χ3n) is 11.5. The van der Waals surface area contributed by atoms with E-state index in [2.05, 4.69) is 115 Å². The first kappa shape index (κ1) is 32.2. The predicted molar refractivity (Wildman–Crippen MR) is 222 cm³/mol. The van der Waals surface area contributed by atoms with E-state index in [-0.39, 0.29) is 5.41 Å². The molecule has 54 heavy (non-hydrogen) atoms. The molecule has 1 fully saturated rings. The van der Waals surface area contributed by atoms with Gasteiger partial charge in [0.1, 0.15) is 0 Å². The standard InChI is InChI=1S/C51H39N3/c1-4-16-35(17-5-1)48-52-49(36-18-6-2-7-19-36)54-50(53-48)42-25-14-23-40(34-42)38-21-12-20-37(32-38)39-22-13-24-41(33-39)43-27-15-29-46-47(43)44-26-8-9-28-45(44)51(46)30-10-3-11-31-51/h1-2,4-9,12-29,32-34H,3,10-11,30-31H2. The monoisotopic (exact) mass is 693 g/mol. The highest BCUT2D eigenvalue weighted by molar-refractivity contribution is 5.93. The molecule has 0 N–H and O–H groups in total. The molecule has 0 atom stereocenters. The summed E-state index contributed by atoms with van der Waals surface area (Å²) >= 11 is 0. The maximum atomic E-state index is 4.98. The summed E-state index contributed by atoms with van der Waals surface area (Å²) in [7, 11) is 0. The first-order chi connectivity index (χ1) is 26.7. The van der Waals surface area contributed by atoms with Crippen molar-refractivity contribution < 1.29 is 0 Å². The number of rotatable bonds is 6. The summed E-state index contributed by atoms with van der Waals surface area (Å²) in [5.74, 6) is 1.97. The molecule has 2 aliphatic rings. The molecule has 8 aromatic rings. The highest BCUT2D eigenvalue weighted by Gasteiger charge is 2.44. The van der Waals surface area contributed by atoms with Gasteiger partial charge in [0, 0.05) is 22.1 Å². The van der Waals surface area contributed by atoms with Gasteiger partial charge in [-0.15, -0.1) is 0 Å². The van der Waals surface area contributed by atoms with E-state index < -0.39 is 0 Å². The van der Waals surface area contributed by atoms with Gasteiger partial charge in [-0.3, -0.25) is 0 Å². The molecule has 0 aliphatic heterocycles. The van der Waals surface area contributed by atoms with Crippen molar-refractivity contribution in [2.75, 3.05) is 0 Å². The van der Waals surface area contributed by atoms with Crippen LogP contribution in [0, 0.1) is 0 Å². The molecule has 0 bridgehead atoms. The van der Waals surface area contributed by atoms with Gasteiger partial charge in [0.15, 0.2) is 17.5 Å². The van der Waals surface area contributed by atoms with Crippen molar-refractivity contribution in [2.45, 2.75) is 37.5 Å². The summed E-state index contributed by atoms with van der Waals surface area (Å²) < 4.78 is 0. The number of fused-ring (bicyclic) bond motifs is 5. The van der Waals surface area contributed by atoms with Crippen LogP contribution in [-0.4, -0.2) is 15.0 Å². The topological polar surface area (TPSA) is 38.7 Å². The molecule has 0 amide bonds. The second kappa shape index (κ2) is 13.5. The van der Waals surface area contributed by atoms with Crippen molar-refractivity contribution in [1.29, 1.82) is 0 Å². The summed E-state index contributed by atoms with van der Waals surface area (Å²) in [6.07, 6.45) is 6.41. The molecule has 1 spiro atoms. The average molecular weight is 694 g/mol. The number of nitrogens with zero attached hydrogens (tertiary/aromatic N) is 3. The van der Waals surface area contributed by atoms with Crippen LogP contribution in [0.4, 0.5) is 0 Å². The van der Waals surface area contributed by atoms with E-state index in [9.17, 15) is 0 Å². The Labute approximate surface area is 317 Å². The van der Waals surface area contributed by atoms with E-state index in [0.717, 1.165) is 27.8 Å². The Hall–Kier alpha value is -6.45. The van der Waals surface area contributed by atoms with Crippen molar-refractivity contribution >= 4 is 0 Å². The first-order valence-corrected chi connectivity index (χ1v) is 19.2. The van der Waals surface area contributed by atoms with Crippen LogP contribution in [0.1, 0.15) is 43.2 Å². The zero-order valence-corrected chi connectivity index (χ0v) is 30.1. The van der Waals surface area contributed by atoms with Crippen LogP contribution in [0.25, 0.3) is 78.7 Å². The lowest BCUT2D eigenvalue weighted by molar-refractivity contribution is 0.353. The highest BCUT2D eigenvalue weighted by atomic mass is 15.0. The number of aromatic nitrogens is 3. The van der Waals surface area contributed by atoms with Gasteiger partial charge in [0.2, 0.25) is 0 Å². The smallest absolute Gasteiger partial charge is 0.164 e. The normalized spacial score (nSPS) is 14.1. The zero-order chi connectivity index (χ0) is 35.9. The van der Waals surface area contributed by atoms with Gasteiger partial charge < -0.3 is 0 Å². The van der Waals surface area contributed by atoms with E-state index in [1.54, 1.807) is 0 Å². The Kier molecular flexibility index (Phi) is 8.06. The molecular weight excluding hydrogens is 655 g/mol. The summed E-state index contributed by atoms with van der Waals surface area (Å²) in [5, 5.41) is 0. The molecule has 10 rings (SSSR count). The lowest BCUT2D eigenvalue weighted by Gasteiger charge is -2.36. The minimum absolute atomic E-state index is 0.147. The fourth-order valence-corrected chi connectivity index (χ4v) is 8.96. The SMILES string of the molecule is c1ccc(-c2nc(-c3ccccc3)nc(-c3cccc(-c4cccc(-c5cccc(-c6cccc7c6-c6ccccc6C76CCCCC6)c5)c4)c3)n2)cc1. The fourth-order valence-electron chi connectivity index (χ4n) is 8.96. The molecule has 1 heterocycles. The summed E-state index contributed by atoms with van der Waals surface area (Å²) in [6.45, 7) is 0. The van der Waals surface area contributed by atoms with E-state index in [1.807, 2.05) is 60.7 Å².